The number of carbonyl (C=O) groups is 1. The van der Waals surface area contributed by atoms with E-state index in [-0.39, 0.29) is 22.9 Å². The molecule has 0 N–H and O–H groups in total. The number of halogens is 1. The molecular formula is C14H15BrN4O4. The fourth-order valence-electron chi connectivity index (χ4n) is 2.10. The van der Waals surface area contributed by atoms with Crippen molar-refractivity contribution >= 4 is 27.5 Å². The number of ether oxygens (including phenoxy) is 1. The van der Waals surface area contributed by atoms with Gasteiger partial charge in [0.2, 0.25) is 0 Å². The van der Waals surface area contributed by atoms with Crippen LogP contribution >= 0.6 is 15.9 Å². The number of nitro benzene ring substituents is 1. The van der Waals surface area contributed by atoms with Crippen molar-refractivity contribution in [3.05, 3.63) is 50.2 Å². The Bertz CT molecular complexity index is 740. The normalized spacial score (nSPS) is 10.4. The fraction of sp³-hybridized carbons (Fsp3) is 0.286. The summed E-state index contributed by atoms with van der Waals surface area (Å²) in [6.45, 7) is 0.315. The minimum Gasteiger partial charge on any atom is -0.490 e. The first-order chi connectivity index (χ1) is 10.8. The maximum absolute atomic E-state index is 12.5. The Morgan fingerprint density at radius 3 is 2.74 bits per heavy atom. The van der Waals surface area contributed by atoms with Crippen LogP contribution in [0.4, 0.5) is 5.69 Å². The van der Waals surface area contributed by atoms with Crippen molar-refractivity contribution in [2.45, 2.75) is 6.54 Å². The van der Waals surface area contributed by atoms with Crippen molar-refractivity contribution in [3.8, 4) is 5.75 Å². The second-order valence-electron chi connectivity index (χ2n) is 4.87. The van der Waals surface area contributed by atoms with Crippen molar-refractivity contribution in [3.63, 3.8) is 0 Å². The van der Waals surface area contributed by atoms with Crippen LogP contribution in [0.15, 0.2) is 28.9 Å². The zero-order valence-electron chi connectivity index (χ0n) is 12.8. The lowest BCUT2D eigenvalue weighted by atomic mass is 10.1. The Hall–Kier alpha value is -2.42. The SMILES string of the molecule is COc1ccc(C(=O)N(C)Cc2c(Br)cnn2C)cc1[N+](=O)[O-]. The summed E-state index contributed by atoms with van der Waals surface area (Å²) < 4.78 is 7.38. The van der Waals surface area contributed by atoms with Crippen molar-refractivity contribution < 1.29 is 14.5 Å². The molecule has 1 heterocycles. The van der Waals surface area contributed by atoms with Gasteiger partial charge in [-0.1, -0.05) is 0 Å². The quantitative estimate of drug-likeness (QED) is 0.584. The molecule has 0 saturated heterocycles. The molecule has 0 saturated carbocycles. The Balaban J connectivity index is 2.26. The Morgan fingerprint density at radius 2 is 2.22 bits per heavy atom. The van der Waals surface area contributed by atoms with Crippen LogP contribution in [0.25, 0.3) is 0 Å². The van der Waals surface area contributed by atoms with E-state index < -0.39 is 4.92 Å². The predicted octanol–water partition coefficient (Wildman–Crippen LogP) is 2.37. The zero-order chi connectivity index (χ0) is 17.1. The number of benzene rings is 1. The van der Waals surface area contributed by atoms with E-state index in [0.29, 0.717) is 6.54 Å². The summed E-state index contributed by atoms with van der Waals surface area (Å²) >= 11 is 3.37. The largest absolute Gasteiger partial charge is 0.490 e. The summed E-state index contributed by atoms with van der Waals surface area (Å²) in [4.78, 5) is 24.4. The van der Waals surface area contributed by atoms with Gasteiger partial charge in [0.05, 0.1) is 34.9 Å². The number of nitrogens with zero attached hydrogens (tertiary/aromatic N) is 4. The molecule has 23 heavy (non-hydrogen) atoms. The van der Waals surface area contributed by atoms with Crippen LogP contribution in [-0.4, -0.2) is 39.7 Å². The lowest BCUT2D eigenvalue weighted by molar-refractivity contribution is -0.385. The van der Waals surface area contributed by atoms with Gasteiger partial charge in [-0.05, 0) is 28.1 Å². The molecule has 122 valence electrons. The van der Waals surface area contributed by atoms with Crippen molar-refractivity contribution in [1.29, 1.82) is 0 Å². The minimum atomic E-state index is -0.576. The van der Waals surface area contributed by atoms with Crippen molar-refractivity contribution in [2.24, 2.45) is 7.05 Å². The first-order valence-corrected chi connectivity index (χ1v) is 7.38. The molecule has 0 aliphatic carbocycles. The smallest absolute Gasteiger partial charge is 0.311 e. The third-order valence-corrected chi connectivity index (χ3v) is 4.03. The van der Waals surface area contributed by atoms with Gasteiger partial charge in [-0.2, -0.15) is 5.10 Å². The Labute approximate surface area is 140 Å². The van der Waals surface area contributed by atoms with Gasteiger partial charge in [-0.25, -0.2) is 0 Å². The van der Waals surface area contributed by atoms with Crippen LogP contribution in [0.2, 0.25) is 0 Å². The highest BCUT2D eigenvalue weighted by atomic mass is 79.9. The number of hydrogen-bond donors (Lipinski definition) is 0. The molecule has 1 aromatic heterocycles. The minimum absolute atomic E-state index is 0.114. The monoisotopic (exact) mass is 382 g/mol. The van der Waals surface area contributed by atoms with Crippen LogP contribution in [0.3, 0.4) is 0 Å². The van der Waals surface area contributed by atoms with Crippen molar-refractivity contribution in [2.75, 3.05) is 14.2 Å². The second-order valence-corrected chi connectivity index (χ2v) is 5.72. The van der Waals surface area contributed by atoms with E-state index in [1.165, 1.54) is 30.2 Å². The number of aromatic nitrogens is 2. The van der Waals surface area contributed by atoms with Crippen LogP contribution in [0.1, 0.15) is 16.1 Å². The van der Waals surface area contributed by atoms with E-state index >= 15 is 0 Å². The number of carbonyl (C=O) groups excluding carboxylic acids is 1. The van der Waals surface area contributed by atoms with E-state index in [1.807, 2.05) is 0 Å². The molecule has 0 aliphatic rings. The number of aryl methyl sites for hydroxylation is 1. The van der Waals surface area contributed by atoms with E-state index in [1.54, 1.807) is 25.0 Å². The third kappa shape index (κ3) is 3.50. The van der Waals surface area contributed by atoms with Crippen LogP contribution < -0.4 is 4.74 Å². The molecule has 0 spiro atoms. The van der Waals surface area contributed by atoms with Crippen LogP contribution in [0, 0.1) is 10.1 Å². The molecule has 9 heteroatoms. The molecule has 0 radical (unpaired) electrons. The number of hydrogen-bond acceptors (Lipinski definition) is 5. The van der Waals surface area contributed by atoms with Gasteiger partial charge in [0.15, 0.2) is 5.75 Å². The summed E-state index contributed by atoms with van der Waals surface area (Å²) in [5.74, 6) is -0.215. The summed E-state index contributed by atoms with van der Waals surface area (Å²) in [6.07, 6.45) is 1.64. The molecule has 0 unspecified atom stereocenters. The highest BCUT2D eigenvalue weighted by molar-refractivity contribution is 9.10. The van der Waals surface area contributed by atoms with Gasteiger partial charge < -0.3 is 9.64 Å². The lowest BCUT2D eigenvalue weighted by Gasteiger charge is -2.18. The summed E-state index contributed by atoms with van der Waals surface area (Å²) in [5.41, 5.74) is 0.801. The molecule has 1 aromatic carbocycles. The maximum atomic E-state index is 12.5. The summed E-state index contributed by atoms with van der Waals surface area (Å²) in [5, 5.41) is 15.1. The third-order valence-electron chi connectivity index (χ3n) is 3.37. The van der Waals surface area contributed by atoms with Crippen molar-refractivity contribution in [1.82, 2.24) is 14.7 Å². The second kappa shape index (κ2) is 6.78. The van der Waals surface area contributed by atoms with E-state index in [4.69, 9.17) is 4.74 Å². The number of methoxy groups -OCH3 is 1. The first kappa shape index (κ1) is 16.9. The van der Waals surface area contributed by atoms with E-state index in [2.05, 4.69) is 21.0 Å². The molecule has 2 aromatic rings. The molecule has 1 amide bonds. The lowest BCUT2D eigenvalue weighted by Crippen LogP contribution is -2.27. The average Bonchev–Trinajstić information content (AvgIpc) is 2.85. The maximum Gasteiger partial charge on any atom is 0.311 e. The van der Waals surface area contributed by atoms with Crippen LogP contribution in [-0.2, 0) is 13.6 Å². The van der Waals surface area contributed by atoms with Gasteiger partial charge >= 0.3 is 5.69 Å². The van der Waals surface area contributed by atoms with E-state index in [9.17, 15) is 14.9 Å². The highest BCUT2D eigenvalue weighted by Crippen LogP contribution is 2.28. The molecule has 0 fully saturated rings. The van der Waals surface area contributed by atoms with Gasteiger partial charge in [0.1, 0.15) is 0 Å². The predicted molar refractivity (Wildman–Crippen MR) is 86.4 cm³/mol. The molecule has 8 nitrogen and oxygen atoms in total. The zero-order valence-corrected chi connectivity index (χ0v) is 14.4. The first-order valence-electron chi connectivity index (χ1n) is 6.59. The molecular weight excluding hydrogens is 368 g/mol. The molecule has 0 aliphatic heterocycles. The van der Waals surface area contributed by atoms with Gasteiger partial charge in [0.25, 0.3) is 5.91 Å². The van der Waals surface area contributed by atoms with Gasteiger partial charge in [-0.15, -0.1) is 0 Å². The molecule has 0 atom stereocenters. The van der Waals surface area contributed by atoms with Crippen LogP contribution in [0.5, 0.6) is 5.75 Å². The topological polar surface area (TPSA) is 90.5 Å². The number of nitro groups is 1. The van der Waals surface area contributed by atoms with E-state index in [0.717, 1.165) is 10.2 Å². The average molecular weight is 383 g/mol. The standard InChI is InChI=1S/C14H15BrN4O4/c1-17(8-12-10(15)7-16-18(12)2)14(20)9-4-5-13(23-3)11(6-9)19(21)22/h4-7H,8H2,1-3H3. The molecule has 2 rings (SSSR count). The molecule has 0 bridgehead atoms. The highest BCUT2D eigenvalue weighted by Gasteiger charge is 2.21. The fourth-order valence-corrected chi connectivity index (χ4v) is 2.57. The number of amides is 1. The Kier molecular flexibility index (Phi) is 4.99. The summed E-state index contributed by atoms with van der Waals surface area (Å²) in [7, 11) is 4.74. The summed E-state index contributed by atoms with van der Waals surface area (Å²) in [6, 6.07) is 4.14. The Morgan fingerprint density at radius 1 is 1.52 bits per heavy atom. The van der Waals surface area contributed by atoms with Gasteiger partial charge in [0, 0.05) is 25.7 Å². The number of rotatable bonds is 5. The van der Waals surface area contributed by atoms with Gasteiger partial charge in [-0.3, -0.25) is 19.6 Å².